The lowest BCUT2D eigenvalue weighted by Gasteiger charge is -2.34. The minimum atomic E-state index is -3.56. The smallest absolute Gasteiger partial charge is 0.243 e. The van der Waals surface area contributed by atoms with E-state index in [0.717, 1.165) is 0 Å². The summed E-state index contributed by atoms with van der Waals surface area (Å²) in [4.78, 5) is 2.23. The molecule has 1 fully saturated rings. The maximum atomic E-state index is 12.9. The highest BCUT2D eigenvalue weighted by Crippen LogP contribution is 2.20. The Morgan fingerprint density at radius 1 is 1.00 bits per heavy atom. The highest BCUT2D eigenvalue weighted by Gasteiger charge is 2.29. The third-order valence-electron chi connectivity index (χ3n) is 4.75. The average Bonchev–Trinajstić information content (AvgIpc) is 2.74. The van der Waals surface area contributed by atoms with Gasteiger partial charge in [0, 0.05) is 32.7 Å². The number of halogens is 1. The fourth-order valence-corrected chi connectivity index (χ4v) is 4.55. The van der Waals surface area contributed by atoms with Gasteiger partial charge in [-0.15, -0.1) is 0 Å². The second-order valence-electron chi connectivity index (χ2n) is 6.80. The van der Waals surface area contributed by atoms with Crippen LogP contribution in [0.25, 0.3) is 0 Å². The Morgan fingerprint density at radius 2 is 1.59 bits per heavy atom. The number of rotatable bonds is 8. The Labute approximate surface area is 170 Å². The van der Waals surface area contributed by atoms with Crippen molar-refractivity contribution in [1.29, 1.82) is 0 Å². The molecule has 0 aliphatic carbocycles. The van der Waals surface area contributed by atoms with Crippen LogP contribution in [0.2, 0.25) is 0 Å². The second kappa shape index (κ2) is 9.53. The Morgan fingerprint density at radius 3 is 2.17 bits per heavy atom. The largest absolute Gasteiger partial charge is 0.497 e. The summed E-state index contributed by atoms with van der Waals surface area (Å²) in [6.07, 6.45) is -0.732. The first-order valence-corrected chi connectivity index (χ1v) is 10.8. The van der Waals surface area contributed by atoms with Gasteiger partial charge in [-0.1, -0.05) is 0 Å². The predicted octanol–water partition coefficient (Wildman–Crippen LogP) is 1.58. The molecule has 9 heteroatoms. The van der Waals surface area contributed by atoms with Gasteiger partial charge in [0.05, 0.1) is 12.0 Å². The molecule has 0 bridgehead atoms. The molecule has 1 N–H and O–H groups in total. The van der Waals surface area contributed by atoms with Gasteiger partial charge in [0.25, 0.3) is 0 Å². The van der Waals surface area contributed by atoms with Crippen molar-refractivity contribution < 1.29 is 27.4 Å². The molecule has 0 aromatic heterocycles. The van der Waals surface area contributed by atoms with E-state index in [2.05, 4.69) is 0 Å². The number of hydrogen-bond donors (Lipinski definition) is 1. The first-order valence-electron chi connectivity index (χ1n) is 9.31. The van der Waals surface area contributed by atoms with Crippen LogP contribution < -0.4 is 9.47 Å². The number of piperazine rings is 1. The van der Waals surface area contributed by atoms with Crippen molar-refractivity contribution in [3.8, 4) is 11.5 Å². The summed E-state index contributed by atoms with van der Waals surface area (Å²) in [6.45, 7) is 2.18. The van der Waals surface area contributed by atoms with Gasteiger partial charge in [0.1, 0.15) is 30.0 Å². The van der Waals surface area contributed by atoms with Crippen LogP contribution >= 0.6 is 0 Å². The van der Waals surface area contributed by atoms with Crippen LogP contribution in [0.1, 0.15) is 0 Å². The molecule has 0 amide bonds. The first kappa shape index (κ1) is 21.5. The lowest BCUT2D eigenvalue weighted by Crippen LogP contribution is -2.50. The van der Waals surface area contributed by atoms with E-state index >= 15 is 0 Å². The van der Waals surface area contributed by atoms with E-state index in [4.69, 9.17) is 9.47 Å². The fraction of sp³-hybridized carbons (Fsp3) is 0.400. The van der Waals surface area contributed by atoms with Crippen molar-refractivity contribution in [3.63, 3.8) is 0 Å². The fourth-order valence-electron chi connectivity index (χ4n) is 3.12. The molecule has 1 aliphatic heterocycles. The van der Waals surface area contributed by atoms with Crippen LogP contribution in [0.4, 0.5) is 4.39 Å². The van der Waals surface area contributed by atoms with E-state index in [1.807, 2.05) is 4.90 Å². The summed E-state index contributed by atoms with van der Waals surface area (Å²) in [5.41, 5.74) is 0. The van der Waals surface area contributed by atoms with Crippen LogP contribution in [-0.2, 0) is 10.0 Å². The molecule has 1 unspecified atom stereocenters. The summed E-state index contributed by atoms with van der Waals surface area (Å²) in [7, 11) is -2.03. The zero-order chi connectivity index (χ0) is 20.9. The number of aliphatic hydroxyl groups excluding tert-OH is 1. The Bertz CT molecular complexity index is 882. The van der Waals surface area contributed by atoms with Crippen molar-refractivity contribution in [2.24, 2.45) is 0 Å². The van der Waals surface area contributed by atoms with Crippen molar-refractivity contribution in [2.45, 2.75) is 11.0 Å². The first-order chi connectivity index (χ1) is 13.9. The SMILES string of the molecule is COc1ccc(S(=O)(=O)N2CCN(CC(O)COc3ccc(F)cc3)CC2)cc1. The lowest BCUT2D eigenvalue weighted by molar-refractivity contribution is 0.0569. The van der Waals surface area contributed by atoms with Crippen molar-refractivity contribution >= 4 is 10.0 Å². The molecule has 2 aromatic rings. The van der Waals surface area contributed by atoms with Gasteiger partial charge < -0.3 is 14.6 Å². The normalized spacial score (nSPS) is 17.1. The van der Waals surface area contributed by atoms with E-state index in [1.165, 1.54) is 47.8 Å². The predicted molar refractivity (Wildman–Crippen MR) is 106 cm³/mol. The summed E-state index contributed by atoms with van der Waals surface area (Å²) >= 11 is 0. The van der Waals surface area contributed by atoms with E-state index in [-0.39, 0.29) is 17.3 Å². The average molecular weight is 424 g/mol. The number of hydrogen-bond acceptors (Lipinski definition) is 6. The third kappa shape index (κ3) is 5.66. The molecule has 7 nitrogen and oxygen atoms in total. The van der Waals surface area contributed by atoms with Crippen LogP contribution in [-0.4, -0.2) is 75.3 Å². The van der Waals surface area contributed by atoms with Gasteiger partial charge in [0.15, 0.2) is 0 Å². The van der Waals surface area contributed by atoms with E-state index in [0.29, 0.717) is 44.2 Å². The van der Waals surface area contributed by atoms with Gasteiger partial charge in [-0.3, -0.25) is 4.90 Å². The van der Waals surface area contributed by atoms with E-state index in [9.17, 15) is 17.9 Å². The van der Waals surface area contributed by atoms with Gasteiger partial charge >= 0.3 is 0 Å². The quantitative estimate of drug-likeness (QED) is 0.693. The minimum Gasteiger partial charge on any atom is -0.497 e. The number of methoxy groups -OCH3 is 1. The molecule has 3 rings (SSSR count). The number of sulfonamides is 1. The number of ether oxygens (including phenoxy) is 2. The zero-order valence-corrected chi connectivity index (χ0v) is 17.0. The molecule has 0 spiro atoms. The highest BCUT2D eigenvalue weighted by atomic mass is 32.2. The van der Waals surface area contributed by atoms with Crippen LogP contribution in [0.15, 0.2) is 53.4 Å². The number of benzene rings is 2. The summed E-state index contributed by atoms with van der Waals surface area (Å²) < 4.78 is 50.4. The maximum Gasteiger partial charge on any atom is 0.243 e. The molecule has 29 heavy (non-hydrogen) atoms. The van der Waals surface area contributed by atoms with Gasteiger partial charge in [-0.25, -0.2) is 12.8 Å². The van der Waals surface area contributed by atoms with E-state index < -0.39 is 16.1 Å². The minimum absolute atomic E-state index is 0.0794. The van der Waals surface area contributed by atoms with Crippen molar-refractivity contribution in [2.75, 3.05) is 46.4 Å². The molecular formula is C20H25FN2O5S. The number of aliphatic hydroxyl groups is 1. The molecule has 1 saturated heterocycles. The maximum absolute atomic E-state index is 12.9. The summed E-state index contributed by atoms with van der Waals surface area (Å²) in [5, 5.41) is 10.2. The van der Waals surface area contributed by atoms with Gasteiger partial charge in [0.2, 0.25) is 10.0 Å². The van der Waals surface area contributed by atoms with Crippen LogP contribution in [0, 0.1) is 5.82 Å². The monoisotopic (exact) mass is 424 g/mol. The molecule has 2 aromatic carbocycles. The van der Waals surface area contributed by atoms with Crippen LogP contribution in [0.3, 0.4) is 0 Å². The van der Waals surface area contributed by atoms with Gasteiger partial charge in [-0.05, 0) is 48.5 Å². The molecule has 1 atom stereocenters. The van der Waals surface area contributed by atoms with Crippen LogP contribution in [0.5, 0.6) is 11.5 Å². The summed E-state index contributed by atoms with van der Waals surface area (Å²) in [6, 6.07) is 11.9. The molecule has 158 valence electrons. The standard InChI is InChI=1S/C20H25FN2O5S/c1-27-18-6-8-20(9-7-18)29(25,26)23-12-10-22(11-13-23)14-17(24)15-28-19-4-2-16(21)3-5-19/h2-9,17,24H,10-15H2,1H3. The molecular weight excluding hydrogens is 399 g/mol. The Kier molecular flexibility index (Phi) is 7.07. The van der Waals surface area contributed by atoms with Crippen molar-refractivity contribution in [1.82, 2.24) is 9.21 Å². The topological polar surface area (TPSA) is 79.3 Å². The number of β-amino-alcohol motifs (C(OH)–C–C–N with tert-alkyl or cyclic N) is 1. The van der Waals surface area contributed by atoms with Crippen molar-refractivity contribution in [3.05, 3.63) is 54.3 Å². The molecule has 0 radical (unpaired) electrons. The molecule has 0 saturated carbocycles. The highest BCUT2D eigenvalue weighted by molar-refractivity contribution is 7.89. The molecule has 1 aliphatic rings. The Hall–Kier alpha value is -2.20. The zero-order valence-electron chi connectivity index (χ0n) is 16.2. The lowest BCUT2D eigenvalue weighted by atomic mass is 10.3. The second-order valence-corrected chi connectivity index (χ2v) is 8.74. The molecule has 1 heterocycles. The number of nitrogens with zero attached hydrogens (tertiary/aromatic N) is 2. The van der Waals surface area contributed by atoms with E-state index in [1.54, 1.807) is 12.1 Å². The van der Waals surface area contributed by atoms with Gasteiger partial charge in [-0.2, -0.15) is 4.31 Å². The summed E-state index contributed by atoms with van der Waals surface area (Å²) in [5.74, 6) is 0.742. The third-order valence-corrected chi connectivity index (χ3v) is 6.67. The Balaban J connectivity index is 1.47.